The van der Waals surface area contributed by atoms with Gasteiger partial charge < -0.3 is 4.42 Å². The Morgan fingerprint density at radius 3 is 3.00 bits per heavy atom. The first-order chi connectivity index (χ1) is 7.26. The smallest absolute Gasteiger partial charge is 0.185 e. The van der Waals surface area contributed by atoms with Crippen LogP contribution in [0.2, 0.25) is 0 Å². The lowest BCUT2D eigenvalue weighted by molar-refractivity contribution is 0.110. The first-order valence-corrected chi connectivity index (χ1v) is 4.81. The standard InChI is InChI=1S/C11H12N2O2/c1-3-10-9(6-13(2)12-10)8-4-5-15-11(8)7-14/h4-7H,3H2,1-2H3. The van der Waals surface area contributed by atoms with E-state index in [1.54, 1.807) is 10.7 Å². The van der Waals surface area contributed by atoms with Crippen LogP contribution in [-0.2, 0) is 13.5 Å². The number of carbonyl (C=O) groups excluding carboxylic acids is 1. The Kier molecular flexibility index (Phi) is 2.41. The number of furan rings is 1. The Morgan fingerprint density at radius 1 is 1.53 bits per heavy atom. The van der Waals surface area contributed by atoms with Gasteiger partial charge in [0.1, 0.15) is 0 Å². The maximum absolute atomic E-state index is 10.7. The van der Waals surface area contributed by atoms with Crippen LogP contribution in [0.3, 0.4) is 0 Å². The van der Waals surface area contributed by atoms with Crippen molar-refractivity contribution in [3.63, 3.8) is 0 Å². The van der Waals surface area contributed by atoms with Crippen molar-refractivity contribution in [1.29, 1.82) is 0 Å². The Morgan fingerprint density at radius 2 is 2.33 bits per heavy atom. The summed E-state index contributed by atoms with van der Waals surface area (Å²) in [5.74, 6) is 0.359. The summed E-state index contributed by atoms with van der Waals surface area (Å²) in [5, 5.41) is 4.32. The van der Waals surface area contributed by atoms with E-state index in [9.17, 15) is 4.79 Å². The molecule has 0 N–H and O–H groups in total. The van der Waals surface area contributed by atoms with Crippen molar-refractivity contribution in [3.8, 4) is 11.1 Å². The van der Waals surface area contributed by atoms with Gasteiger partial charge in [-0.1, -0.05) is 6.92 Å². The monoisotopic (exact) mass is 204 g/mol. The average Bonchev–Trinajstić information content (AvgIpc) is 2.82. The van der Waals surface area contributed by atoms with Crippen molar-refractivity contribution in [2.75, 3.05) is 0 Å². The quantitative estimate of drug-likeness (QED) is 0.719. The van der Waals surface area contributed by atoms with E-state index in [0.717, 1.165) is 29.5 Å². The minimum absolute atomic E-state index is 0.359. The minimum atomic E-state index is 0.359. The van der Waals surface area contributed by atoms with Gasteiger partial charge in [0.2, 0.25) is 0 Å². The highest BCUT2D eigenvalue weighted by atomic mass is 16.3. The number of hydrogen-bond donors (Lipinski definition) is 0. The molecule has 2 heterocycles. The fourth-order valence-electron chi connectivity index (χ4n) is 1.66. The molecule has 78 valence electrons. The molecule has 0 radical (unpaired) electrons. The van der Waals surface area contributed by atoms with Gasteiger partial charge >= 0.3 is 0 Å². The number of rotatable bonds is 3. The van der Waals surface area contributed by atoms with E-state index in [4.69, 9.17) is 4.42 Å². The summed E-state index contributed by atoms with van der Waals surface area (Å²) in [6.45, 7) is 2.03. The number of aryl methyl sites for hydroxylation is 2. The van der Waals surface area contributed by atoms with E-state index in [1.807, 2.05) is 20.2 Å². The molecular formula is C11H12N2O2. The molecule has 2 rings (SSSR count). The van der Waals surface area contributed by atoms with Gasteiger partial charge in [0.15, 0.2) is 12.0 Å². The Hall–Kier alpha value is -1.84. The summed E-state index contributed by atoms with van der Waals surface area (Å²) in [6.07, 6.45) is 4.98. The molecular weight excluding hydrogens is 192 g/mol. The van der Waals surface area contributed by atoms with Crippen molar-refractivity contribution >= 4 is 6.29 Å². The molecule has 0 aliphatic rings. The van der Waals surface area contributed by atoms with E-state index in [1.165, 1.54) is 6.26 Å². The van der Waals surface area contributed by atoms with Gasteiger partial charge in [0, 0.05) is 24.4 Å². The van der Waals surface area contributed by atoms with E-state index in [-0.39, 0.29) is 0 Å². The van der Waals surface area contributed by atoms with E-state index < -0.39 is 0 Å². The summed E-state index contributed by atoms with van der Waals surface area (Å²) < 4.78 is 6.82. The molecule has 0 unspecified atom stereocenters. The number of nitrogens with zero attached hydrogens (tertiary/aromatic N) is 2. The molecule has 15 heavy (non-hydrogen) atoms. The van der Waals surface area contributed by atoms with Gasteiger partial charge in [0.25, 0.3) is 0 Å². The van der Waals surface area contributed by atoms with Crippen LogP contribution in [-0.4, -0.2) is 16.1 Å². The maximum Gasteiger partial charge on any atom is 0.185 e. The fraction of sp³-hybridized carbons (Fsp3) is 0.273. The molecule has 0 bridgehead atoms. The molecule has 0 fully saturated rings. The molecule has 0 aromatic carbocycles. The van der Waals surface area contributed by atoms with E-state index in [2.05, 4.69) is 5.10 Å². The third-order valence-electron chi connectivity index (χ3n) is 2.33. The maximum atomic E-state index is 10.7. The molecule has 4 nitrogen and oxygen atoms in total. The highest BCUT2D eigenvalue weighted by Crippen LogP contribution is 2.26. The predicted molar refractivity (Wildman–Crippen MR) is 55.7 cm³/mol. The Labute approximate surface area is 87.5 Å². The van der Waals surface area contributed by atoms with Gasteiger partial charge in [0.05, 0.1) is 12.0 Å². The summed E-state index contributed by atoms with van der Waals surface area (Å²) in [7, 11) is 1.86. The van der Waals surface area contributed by atoms with Crippen LogP contribution in [0.15, 0.2) is 22.9 Å². The topological polar surface area (TPSA) is 48.0 Å². The van der Waals surface area contributed by atoms with Gasteiger partial charge in [-0.05, 0) is 12.5 Å². The van der Waals surface area contributed by atoms with Gasteiger partial charge in [-0.3, -0.25) is 9.48 Å². The van der Waals surface area contributed by atoms with Crippen molar-refractivity contribution in [2.45, 2.75) is 13.3 Å². The molecule has 0 aliphatic heterocycles. The highest BCUT2D eigenvalue weighted by Gasteiger charge is 2.13. The predicted octanol–water partition coefficient (Wildman–Crippen LogP) is 2.06. The van der Waals surface area contributed by atoms with Crippen LogP contribution in [0, 0.1) is 0 Å². The zero-order valence-electron chi connectivity index (χ0n) is 8.73. The third-order valence-corrected chi connectivity index (χ3v) is 2.33. The SMILES string of the molecule is CCc1nn(C)cc1-c1ccoc1C=O. The normalized spacial score (nSPS) is 10.5. The Balaban J connectivity index is 2.57. The zero-order valence-corrected chi connectivity index (χ0v) is 8.73. The van der Waals surface area contributed by atoms with Crippen molar-refractivity contribution in [3.05, 3.63) is 30.0 Å². The second-order valence-electron chi connectivity index (χ2n) is 3.33. The molecule has 4 heteroatoms. The van der Waals surface area contributed by atoms with Crippen LogP contribution in [0.4, 0.5) is 0 Å². The van der Waals surface area contributed by atoms with Crippen molar-refractivity contribution in [2.24, 2.45) is 7.05 Å². The lowest BCUT2D eigenvalue weighted by atomic mass is 10.1. The molecule has 0 saturated heterocycles. The van der Waals surface area contributed by atoms with Gasteiger partial charge in [-0.2, -0.15) is 5.10 Å². The largest absolute Gasteiger partial charge is 0.461 e. The number of aldehydes is 1. The molecule has 0 aliphatic carbocycles. The lowest BCUT2D eigenvalue weighted by Crippen LogP contribution is -1.89. The molecule has 0 amide bonds. The summed E-state index contributed by atoms with van der Waals surface area (Å²) in [6, 6.07) is 1.79. The van der Waals surface area contributed by atoms with Gasteiger partial charge in [-0.25, -0.2) is 0 Å². The average molecular weight is 204 g/mol. The second kappa shape index (κ2) is 3.73. The number of aromatic nitrogens is 2. The van der Waals surface area contributed by atoms with Crippen molar-refractivity contribution < 1.29 is 9.21 Å². The molecule has 2 aromatic heterocycles. The van der Waals surface area contributed by atoms with Crippen LogP contribution in [0.25, 0.3) is 11.1 Å². The van der Waals surface area contributed by atoms with E-state index >= 15 is 0 Å². The second-order valence-corrected chi connectivity index (χ2v) is 3.33. The fourth-order valence-corrected chi connectivity index (χ4v) is 1.66. The molecule has 0 spiro atoms. The van der Waals surface area contributed by atoms with Gasteiger partial charge in [-0.15, -0.1) is 0 Å². The third kappa shape index (κ3) is 1.58. The lowest BCUT2D eigenvalue weighted by Gasteiger charge is -1.95. The van der Waals surface area contributed by atoms with Crippen LogP contribution >= 0.6 is 0 Å². The molecule has 0 atom stereocenters. The summed E-state index contributed by atoms with van der Waals surface area (Å²) >= 11 is 0. The number of carbonyl (C=O) groups is 1. The summed E-state index contributed by atoms with van der Waals surface area (Å²) in [4.78, 5) is 10.7. The molecule has 2 aromatic rings. The highest BCUT2D eigenvalue weighted by molar-refractivity contribution is 5.84. The number of hydrogen-bond acceptors (Lipinski definition) is 3. The zero-order chi connectivity index (χ0) is 10.8. The van der Waals surface area contributed by atoms with Crippen LogP contribution in [0.1, 0.15) is 23.2 Å². The van der Waals surface area contributed by atoms with Crippen LogP contribution in [0.5, 0.6) is 0 Å². The first-order valence-electron chi connectivity index (χ1n) is 4.81. The minimum Gasteiger partial charge on any atom is -0.461 e. The molecule has 0 saturated carbocycles. The summed E-state index contributed by atoms with van der Waals surface area (Å²) in [5.41, 5.74) is 2.76. The first kappa shape index (κ1) is 9.71. The van der Waals surface area contributed by atoms with E-state index in [0.29, 0.717) is 5.76 Å². The Bertz CT molecular complexity index is 482. The van der Waals surface area contributed by atoms with Crippen LogP contribution < -0.4 is 0 Å². The van der Waals surface area contributed by atoms with Crippen molar-refractivity contribution in [1.82, 2.24) is 9.78 Å².